The average molecular weight is 263 g/mol. The van der Waals surface area contributed by atoms with Crippen LogP contribution in [0.5, 0.6) is 17.2 Å². The first-order valence-corrected chi connectivity index (χ1v) is 5.64. The molecule has 1 aromatic carbocycles. The average Bonchev–Trinajstić information content (AvgIpc) is 2.88. The topological polar surface area (TPSA) is 73.9 Å². The number of fused-ring (bicyclic) bond motifs is 1. The van der Waals surface area contributed by atoms with Gasteiger partial charge in [-0.1, -0.05) is 6.08 Å². The van der Waals surface area contributed by atoms with E-state index in [0.29, 0.717) is 29.9 Å². The fourth-order valence-electron chi connectivity index (χ4n) is 1.54. The van der Waals surface area contributed by atoms with Crippen LogP contribution in [0.3, 0.4) is 0 Å². The lowest BCUT2D eigenvalue weighted by molar-refractivity contribution is -0.122. The molecule has 0 atom stereocenters. The van der Waals surface area contributed by atoms with Crippen molar-refractivity contribution in [1.29, 1.82) is 0 Å². The molecule has 1 aliphatic heterocycles. The Hall–Kier alpha value is -2.50. The summed E-state index contributed by atoms with van der Waals surface area (Å²) in [7, 11) is 0. The molecule has 0 radical (unpaired) electrons. The normalized spacial score (nSPS) is 11.8. The van der Waals surface area contributed by atoms with Crippen molar-refractivity contribution in [3.05, 3.63) is 30.4 Å². The molecule has 0 spiro atoms. The minimum Gasteiger partial charge on any atom is -0.483 e. The molecule has 0 saturated carbocycles. The Morgan fingerprint density at radius 3 is 2.84 bits per heavy atom. The van der Waals surface area contributed by atoms with Crippen LogP contribution in [0.2, 0.25) is 0 Å². The van der Waals surface area contributed by atoms with Gasteiger partial charge in [-0.15, -0.1) is 6.58 Å². The van der Waals surface area contributed by atoms with E-state index in [4.69, 9.17) is 14.2 Å². The molecule has 1 aliphatic rings. The zero-order valence-corrected chi connectivity index (χ0v) is 10.2. The largest absolute Gasteiger partial charge is 0.483 e. The van der Waals surface area contributed by atoms with Gasteiger partial charge in [0.15, 0.2) is 24.4 Å². The lowest BCUT2D eigenvalue weighted by Gasteiger charge is -2.09. The molecule has 6 nitrogen and oxygen atoms in total. The van der Waals surface area contributed by atoms with E-state index in [1.165, 1.54) is 12.1 Å². The van der Waals surface area contributed by atoms with Gasteiger partial charge in [0, 0.05) is 12.6 Å². The van der Waals surface area contributed by atoms with Crippen molar-refractivity contribution in [1.82, 2.24) is 5.32 Å². The molecule has 2 rings (SSSR count). The van der Waals surface area contributed by atoms with Gasteiger partial charge in [-0.3, -0.25) is 9.59 Å². The van der Waals surface area contributed by atoms with Gasteiger partial charge >= 0.3 is 0 Å². The first kappa shape index (κ1) is 12.9. The zero-order valence-electron chi connectivity index (χ0n) is 10.2. The highest BCUT2D eigenvalue weighted by atomic mass is 16.7. The fraction of sp³-hybridized carbons (Fsp3) is 0.231. The Balaban J connectivity index is 2.05. The van der Waals surface area contributed by atoms with Gasteiger partial charge in [0.2, 0.25) is 6.79 Å². The van der Waals surface area contributed by atoms with Crippen LogP contribution in [-0.4, -0.2) is 32.1 Å². The van der Waals surface area contributed by atoms with Crippen LogP contribution in [0, 0.1) is 0 Å². The van der Waals surface area contributed by atoms with Crippen LogP contribution < -0.4 is 19.5 Å². The van der Waals surface area contributed by atoms with Crippen molar-refractivity contribution < 1.29 is 23.8 Å². The van der Waals surface area contributed by atoms with E-state index in [0.717, 1.165) is 0 Å². The van der Waals surface area contributed by atoms with Gasteiger partial charge in [0.25, 0.3) is 5.91 Å². The van der Waals surface area contributed by atoms with E-state index in [2.05, 4.69) is 11.9 Å². The minimum atomic E-state index is -0.297. The molecule has 6 heteroatoms. The Labute approximate surface area is 110 Å². The predicted molar refractivity (Wildman–Crippen MR) is 66.7 cm³/mol. The standard InChI is InChI=1S/C13H13NO5/c1-2-3-14-13(16)7-17-10-5-12-11(18-8-19-12)4-9(10)6-15/h2,4-6H,1,3,7-8H2,(H,14,16). The lowest BCUT2D eigenvalue weighted by atomic mass is 10.2. The van der Waals surface area contributed by atoms with E-state index in [1.807, 2.05) is 0 Å². The molecule has 1 aromatic rings. The summed E-state index contributed by atoms with van der Waals surface area (Å²) in [6, 6.07) is 3.05. The quantitative estimate of drug-likeness (QED) is 0.610. The summed E-state index contributed by atoms with van der Waals surface area (Å²) >= 11 is 0. The smallest absolute Gasteiger partial charge is 0.258 e. The van der Waals surface area contributed by atoms with Gasteiger partial charge < -0.3 is 19.5 Å². The Kier molecular flexibility index (Phi) is 4.02. The summed E-state index contributed by atoms with van der Waals surface area (Å²) in [6.45, 7) is 3.77. The second kappa shape index (κ2) is 5.90. The molecular weight excluding hydrogens is 250 g/mol. The summed E-state index contributed by atoms with van der Waals surface area (Å²) in [6.07, 6.45) is 2.20. The summed E-state index contributed by atoms with van der Waals surface area (Å²) < 4.78 is 15.6. The van der Waals surface area contributed by atoms with Gasteiger partial charge in [-0.2, -0.15) is 0 Å². The third-order valence-corrected chi connectivity index (χ3v) is 2.43. The molecule has 0 bridgehead atoms. The molecule has 19 heavy (non-hydrogen) atoms. The minimum absolute atomic E-state index is 0.108. The number of rotatable bonds is 6. The van der Waals surface area contributed by atoms with Crippen molar-refractivity contribution >= 4 is 12.2 Å². The Bertz CT molecular complexity index is 512. The number of carbonyl (C=O) groups is 2. The molecule has 0 fully saturated rings. The van der Waals surface area contributed by atoms with Gasteiger partial charge in [-0.05, 0) is 6.07 Å². The van der Waals surface area contributed by atoms with E-state index in [9.17, 15) is 9.59 Å². The summed E-state index contributed by atoms with van der Waals surface area (Å²) in [4.78, 5) is 22.3. The zero-order chi connectivity index (χ0) is 13.7. The first-order valence-electron chi connectivity index (χ1n) is 5.64. The molecule has 0 saturated heterocycles. The number of ether oxygens (including phenoxy) is 3. The first-order chi connectivity index (χ1) is 9.24. The number of aldehydes is 1. The molecular formula is C13H13NO5. The van der Waals surface area contributed by atoms with Crippen molar-refractivity contribution in [2.45, 2.75) is 0 Å². The maximum absolute atomic E-state index is 11.4. The number of nitrogens with one attached hydrogen (secondary N) is 1. The van der Waals surface area contributed by atoms with Crippen LogP contribution in [0.25, 0.3) is 0 Å². The summed E-state index contributed by atoms with van der Waals surface area (Å²) in [5.74, 6) is 0.972. The Morgan fingerprint density at radius 2 is 2.16 bits per heavy atom. The Morgan fingerprint density at radius 1 is 1.42 bits per heavy atom. The van der Waals surface area contributed by atoms with Crippen molar-refractivity contribution in [2.24, 2.45) is 0 Å². The number of hydrogen-bond donors (Lipinski definition) is 1. The molecule has 100 valence electrons. The van der Waals surface area contributed by atoms with Crippen LogP contribution in [0.15, 0.2) is 24.8 Å². The van der Waals surface area contributed by atoms with Gasteiger partial charge in [0.1, 0.15) is 5.75 Å². The monoisotopic (exact) mass is 263 g/mol. The maximum Gasteiger partial charge on any atom is 0.258 e. The number of hydrogen-bond acceptors (Lipinski definition) is 5. The highest BCUT2D eigenvalue weighted by Crippen LogP contribution is 2.37. The van der Waals surface area contributed by atoms with Crippen molar-refractivity contribution in [3.63, 3.8) is 0 Å². The summed E-state index contributed by atoms with van der Waals surface area (Å²) in [5, 5.41) is 2.57. The number of amides is 1. The molecule has 1 N–H and O–H groups in total. The predicted octanol–water partition coefficient (Wildman–Crippen LogP) is 0.909. The maximum atomic E-state index is 11.4. The van der Waals surface area contributed by atoms with Crippen LogP contribution in [0.1, 0.15) is 10.4 Å². The van der Waals surface area contributed by atoms with Crippen molar-refractivity contribution in [3.8, 4) is 17.2 Å². The second-order valence-corrected chi connectivity index (χ2v) is 3.74. The van der Waals surface area contributed by atoms with Crippen molar-refractivity contribution in [2.75, 3.05) is 19.9 Å². The molecule has 1 heterocycles. The molecule has 0 aliphatic carbocycles. The van der Waals surface area contributed by atoms with Crippen LogP contribution in [0.4, 0.5) is 0 Å². The number of carbonyl (C=O) groups excluding carboxylic acids is 2. The fourth-order valence-corrected chi connectivity index (χ4v) is 1.54. The van der Waals surface area contributed by atoms with E-state index in [1.54, 1.807) is 6.08 Å². The third kappa shape index (κ3) is 3.04. The van der Waals surface area contributed by atoms with E-state index >= 15 is 0 Å². The SMILES string of the molecule is C=CCNC(=O)COc1cc2c(cc1C=O)OCO2. The molecule has 1 amide bonds. The molecule has 0 aromatic heterocycles. The lowest BCUT2D eigenvalue weighted by Crippen LogP contribution is -2.28. The summed E-state index contributed by atoms with van der Waals surface area (Å²) in [5.41, 5.74) is 0.306. The van der Waals surface area contributed by atoms with Gasteiger partial charge in [0.05, 0.1) is 5.56 Å². The van der Waals surface area contributed by atoms with Crippen LogP contribution in [-0.2, 0) is 4.79 Å². The number of benzene rings is 1. The molecule has 0 unspecified atom stereocenters. The highest BCUT2D eigenvalue weighted by Gasteiger charge is 2.18. The van der Waals surface area contributed by atoms with Gasteiger partial charge in [-0.25, -0.2) is 0 Å². The van der Waals surface area contributed by atoms with E-state index < -0.39 is 0 Å². The highest BCUT2D eigenvalue weighted by molar-refractivity contribution is 5.82. The van der Waals surface area contributed by atoms with E-state index in [-0.39, 0.29) is 25.1 Å². The second-order valence-electron chi connectivity index (χ2n) is 3.74. The van der Waals surface area contributed by atoms with Crippen LogP contribution >= 0.6 is 0 Å². The third-order valence-electron chi connectivity index (χ3n) is 2.43.